The fraction of sp³-hybridized carbons (Fsp3) is 0.462. The maximum Gasteiger partial charge on any atom is 0.225 e. The number of carbonyl (C=O) groups excluding carboxylic acids is 1. The number of carbonyl (C=O) groups is 1. The zero-order valence-corrected chi connectivity index (χ0v) is 9.30. The predicted octanol–water partition coefficient (Wildman–Crippen LogP) is 2.09. The quantitative estimate of drug-likeness (QED) is 0.721. The Morgan fingerprint density at radius 1 is 1.31 bits per heavy atom. The highest BCUT2D eigenvalue weighted by atomic mass is 16.5. The molecule has 0 radical (unpaired) electrons. The minimum atomic E-state index is 0.00714. The fourth-order valence-electron chi connectivity index (χ4n) is 2.77. The molecule has 2 saturated heterocycles. The second-order valence-electron chi connectivity index (χ2n) is 4.49. The Morgan fingerprint density at radius 2 is 2.06 bits per heavy atom. The average molecular weight is 217 g/mol. The summed E-state index contributed by atoms with van der Waals surface area (Å²) in [6.45, 7) is 2.04. The van der Waals surface area contributed by atoms with Gasteiger partial charge in [0.15, 0.2) is 0 Å². The van der Waals surface area contributed by atoms with E-state index in [0.29, 0.717) is 6.42 Å². The van der Waals surface area contributed by atoms with Gasteiger partial charge in [-0.05, 0) is 12.5 Å². The van der Waals surface area contributed by atoms with Crippen LogP contribution in [0.4, 0.5) is 0 Å². The summed E-state index contributed by atoms with van der Waals surface area (Å²) < 4.78 is 5.83. The number of fused-ring (bicyclic) bond motifs is 1. The van der Waals surface area contributed by atoms with Gasteiger partial charge < -0.3 is 9.64 Å². The first-order valence-electron chi connectivity index (χ1n) is 5.79. The standard InChI is InChI=1S/C13H15NO2/c1-9-13(10-5-3-2-4-6-10)14-11(15)7-8-12(14)16-9/h2-6,9,12-13H,7-8H2,1H3/t9-,12?,13-/m0/s1. The van der Waals surface area contributed by atoms with Crippen LogP contribution < -0.4 is 0 Å². The Balaban J connectivity index is 1.97. The third kappa shape index (κ3) is 1.35. The summed E-state index contributed by atoms with van der Waals surface area (Å²) in [4.78, 5) is 13.7. The average Bonchev–Trinajstić information content (AvgIpc) is 2.80. The molecule has 84 valence electrons. The van der Waals surface area contributed by atoms with Crippen LogP contribution in [0.1, 0.15) is 31.4 Å². The topological polar surface area (TPSA) is 29.5 Å². The van der Waals surface area contributed by atoms with E-state index in [1.807, 2.05) is 30.0 Å². The Hall–Kier alpha value is -1.35. The second-order valence-corrected chi connectivity index (χ2v) is 4.49. The molecule has 0 bridgehead atoms. The molecule has 2 fully saturated rings. The van der Waals surface area contributed by atoms with Crippen LogP contribution in [0.5, 0.6) is 0 Å². The number of amides is 1. The Bertz CT molecular complexity index is 404. The van der Waals surface area contributed by atoms with E-state index in [0.717, 1.165) is 6.42 Å². The molecule has 3 heteroatoms. The molecule has 1 aromatic carbocycles. The number of rotatable bonds is 1. The predicted molar refractivity (Wildman–Crippen MR) is 59.6 cm³/mol. The van der Waals surface area contributed by atoms with Crippen LogP contribution >= 0.6 is 0 Å². The van der Waals surface area contributed by atoms with Gasteiger partial charge in [0.05, 0.1) is 12.1 Å². The van der Waals surface area contributed by atoms with Crippen LogP contribution in [0.25, 0.3) is 0 Å². The van der Waals surface area contributed by atoms with Crippen LogP contribution in [0.15, 0.2) is 30.3 Å². The zero-order chi connectivity index (χ0) is 11.1. The van der Waals surface area contributed by atoms with Crippen molar-refractivity contribution in [2.75, 3.05) is 0 Å². The van der Waals surface area contributed by atoms with Gasteiger partial charge in [0, 0.05) is 12.8 Å². The molecular formula is C13H15NO2. The number of nitrogens with zero attached hydrogens (tertiary/aromatic N) is 1. The molecule has 16 heavy (non-hydrogen) atoms. The normalized spacial score (nSPS) is 33.2. The third-order valence-corrected chi connectivity index (χ3v) is 3.46. The molecule has 1 aromatic rings. The van der Waals surface area contributed by atoms with Crippen molar-refractivity contribution >= 4 is 5.91 Å². The van der Waals surface area contributed by atoms with Gasteiger partial charge in [-0.1, -0.05) is 30.3 Å². The molecule has 3 atom stereocenters. The summed E-state index contributed by atoms with van der Waals surface area (Å²) in [7, 11) is 0. The first kappa shape index (κ1) is 9.85. The largest absolute Gasteiger partial charge is 0.353 e. The summed E-state index contributed by atoms with van der Waals surface area (Å²) in [5.74, 6) is 0.225. The van der Waals surface area contributed by atoms with Crippen molar-refractivity contribution in [3.05, 3.63) is 35.9 Å². The Kier molecular flexibility index (Phi) is 2.21. The van der Waals surface area contributed by atoms with E-state index in [9.17, 15) is 4.79 Å². The zero-order valence-electron chi connectivity index (χ0n) is 9.30. The van der Waals surface area contributed by atoms with Crippen molar-refractivity contribution in [1.82, 2.24) is 4.90 Å². The van der Waals surface area contributed by atoms with Crippen LogP contribution in [0, 0.1) is 0 Å². The maximum absolute atomic E-state index is 11.8. The van der Waals surface area contributed by atoms with Crippen molar-refractivity contribution in [3.63, 3.8) is 0 Å². The van der Waals surface area contributed by atoms with Gasteiger partial charge in [0.2, 0.25) is 5.91 Å². The van der Waals surface area contributed by atoms with Crippen molar-refractivity contribution in [3.8, 4) is 0 Å². The lowest BCUT2D eigenvalue weighted by molar-refractivity contribution is -0.131. The summed E-state index contributed by atoms with van der Waals surface area (Å²) >= 11 is 0. The first-order valence-corrected chi connectivity index (χ1v) is 5.79. The minimum absolute atomic E-state index is 0.00714. The molecule has 2 heterocycles. The lowest BCUT2D eigenvalue weighted by atomic mass is 10.0. The van der Waals surface area contributed by atoms with Gasteiger partial charge in [0.25, 0.3) is 0 Å². The number of ether oxygens (including phenoxy) is 1. The first-order chi connectivity index (χ1) is 7.77. The molecule has 2 aliphatic heterocycles. The summed E-state index contributed by atoms with van der Waals surface area (Å²) in [6.07, 6.45) is 1.57. The van der Waals surface area contributed by atoms with Gasteiger partial charge in [-0.3, -0.25) is 4.79 Å². The summed E-state index contributed by atoms with van der Waals surface area (Å²) in [5, 5.41) is 0. The van der Waals surface area contributed by atoms with Crippen molar-refractivity contribution < 1.29 is 9.53 Å². The van der Waals surface area contributed by atoms with Crippen LogP contribution in [0.3, 0.4) is 0 Å². The van der Waals surface area contributed by atoms with Gasteiger partial charge in [-0.25, -0.2) is 0 Å². The third-order valence-electron chi connectivity index (χ3n) is 3.46. The number of hydrogen-bond donors (Lipinski definition) is 0. The van der Waals surface area contributed by atoms with E-state index in [4.69, 9.17) is 4.74 Å². The fourth-order valence-corrected chi connectivity index (χ4v) is 2.77. The lowest BCUT2D eigenvalue weighted by Gasteiger charge is -2.23. The Morgan fingerprint density at radius 3 is 2.81 bits per heavy atom. The molecule has 1 amide bonds. The van der Waals surface area contributed by atoms with Gasteiger partial charge in [-0.2, -0.15) is 0 Å². The van der Waals surface area contributed by atoms with E-state index in [2.05, 4.69) is 12.1 Å². The highest BCUT2D eigenvalue weighted by Gasteiger charge is 2.46. The molecule has 0 spiro atoms. The van der Waals surface area contributed by atoms with Gasteiger partial charge >= 0.3 is 0 Å². The molecule has 0 aliphatic carbocycles. The van der Waals surface area contributed by atoms with E-state index in [1.165, 1.54) is 5.56 Å². The molecule has 1 unspecified atom stereocenters. The van der Waals surface area contributed by atoms with Crippen LogP contribution in [0.2, 0.25) is 0 Å². The van der Waals surface area contributed by atoms with Crippen LogP contribution in [-0.2, 0) is 9.53 Å². The van der Waals surface area contributed by atoms with Crippen LogP contribution in [-0.4, -0.2) is 23.1 Å². The van der Waals surface area contributed by atoms with Gasteiger partial charge in [-0.15, -0.1) is 0 Å². The summed E-state index contributed by atoms with van der Waals surface area (Å²) in [6, 6.07) is 10.2. The lowest BCUT2D eigenvalue weighted by Crippen LogP contribution is -2.31. The molecule has 0 aromatic heterocycles. The van der Waals surface area contributed by atoms with E-state index >= 15 is 0 Å². The van der Waals surface area contributed by atoms with E-state index in [-0.39, 0.29) is 24.3 Å². The second kappa shape index (κ2) is 3.59. The highest BCUT2D eigenvalue weighted by Crippen LogP contribution is 2.40. The SMILES string of the molecule is C[C@@H]1OC2CCC(=O)N2[C@@H]1c1ccccc1. The summed E-state index contributed by atoms with van der Waals surface area (Å²) in [5.41, 5.74) is 1.17. The van der Waals surface area contributed by atoms with Crippen molar-refractivity contribution in [1.29, 1.82) is 0 Å². The van der Waals surface area contributed by atoms with Crippen molar-refractivity contribution in [2.45, 2.75) is 38.1 Å². The molecule has 0 saturated carbocycles. The van der Waals surface area contributed by atoms with E-state index in [1.54, 1.807) is 0 Å². The highest BCUT2D eigenvalue weighted by molar-refractivity contribution is 5.79. The van der Waals surface area contributed by atoms with Crippen molar-refractivity contribution in [2.24, 2.45) is 0 Å². The molecule has 3 nitrogen and oxygen atoms in total. The number of hydrogen-bond acceptors (Lipinski definition) is 2. The molecular weight excluding hydrogens is 202 g/mol. The van der Waals surface area contributed by atoms with E-state index < -0.39 is 0 Å². The van der Waals surface area contributed by atoms with Gasteiger partial charge in [0.1, 0.15) is 6.23 Å². The smallest absolute Gasteiger partial charge is 0.225 e. The maximum atomic E-state index is 11.8. The Labute approximate surface area is 95.0 Å². The number of benzene rings is 1. The molecule has 3 rings (SSSR count). The molecule has 0 N–H and O–H groups in total. The minimum Gasteiger partial charge on any atom is -0.353 e. The monoisotopic (exact) mass is 217 g/mol. The molecule has 2 aliphatic rings.